The Morgan fingerprint density at radius 2 is 1.05 bits per heavy atom. The maximum absolute atomic E-state index is 5.89. The Kier molecular flexibility index (Phi) is 3.02. The molecule has 2 nitrogen and oxygen atoms in total. The molecule has 0 amide bonds. The van der Waals surface area contributed by atoms with Crippen LogP contribution in [0.15, 0.2) is 78.9 Å². The fourth-order valence-electron chi connectivity index (χ4n) is 3.19. The molecule has 3 aromatic rings. The lowest BCUT2D eigenvalue weighted by atomic mass is 9.98. The summed E-state index contributed by atoms with van der Waals surface area (Å²) in [7, 11) is 0. The summed E-state index contributed by atoms with van der Waals surface area (Å²) in [5, 5.41) is 0. The summed E-state index contributed by atoms with van der Waals surface area (Å²) in [6.45, 7) is 0. The van der Waals surface area contributed by atoms with Crippen LogP contribution in [-0.2, 0) is 0 Å². The molecule has 2 heteroatoms. The quantitative estimate of drug-likeness (QED) is 0.430. The van der Waals surface area contributed by atoms with Crippen LogP contribution in [0.1, 0.15) is 16.7 Å². The Balaban J connectivity index is 2.08. The number of nitrogens with one attached hydrogen (secondary N) is 1. The second kappa shape index (κ2) is 5.17. The Hall–Kier alpha value is -2.84. The number of hydrogen-bond acceptors (Lipinski definition) is 2. The van der Waals surface area contributed by atoms with Gasteiger partial charge in [0.1, 0.15) is 0 Å². The Labute approximate surface area is 129 Å². The highest BCUT2D eigenvalue weighted by Gasteiger charge is 2.25. The molecular weight excluding hydrogens is 268 g/mol. The average Bonchev–Trinajstić information content (AvgIpc) is 2.92. The molecule has 0 unspecified atom stereocenters. The third-order valence-electron chi connectivity index (χ3n) is 4.14. The predicted molar refractivity (Wildman–Crippen MR) is 91.6 cm³/mol. The van der Waals surface area contributed by atoms with E-state index in [1.165, 1.54) is 27.8 Å². The number of benzene rings is 3. The highest BCUT2D eigenvalue weighted by Crippen LogP contribution is 2.46. The van der Waals surface area contributed by atoms with Crippen molar-refractivity contribution in [3.05, 3.63) is 95.6 Å². The lowest BCUT2D eigenvalue weighted by Gasteiger charge is -2.13. The molecule has 1 aliphatic carbocycles. The van der Waals surface area contributed by atoms with Gasteiger partial charge in [0.25, 0.3) is 0 Å². The normalized spacial score (nSPS) is 11.8. The molecule has 0 aliphatic heterocycles. The van der Waals surface area contributed by atoms with Crippen LogP contribution in [0.5, 0.6) is 0 Å². The van der Waals surface area contributed by atoms with E-state index in [1.54, 1.807) is 0 Å². The van der Waals surface area contributed by atoms with Gasteiger partial charge in [0.15, 0.2) is 0 Å². The largest absolute Gasteiger partial charge is 0.323 e. The molecule has 0 atom stereocenters. The number of fused-ring (bicyclic) bond motifs is 3. The minimum Gasteiger partial charge on any atom is -0.323 e. The lowest BCUT2D eigenvalue weighted by Crippen LogP contribution is -2.21. The van der Waals surface area contributed by atoms with Crippen LogP contribution < -0.4 is 11.3 Å². The van der Waals surface area contributed by atoms with Gasteiger partial charge in [0.2, 0.25) is 0 Å². The Bertz CT molecular complexity index is 816. The molecule has 22 heavy (non-hydrogen) atoms. The number of hydrogen-bond donors (Lipinski definition) is 2. The average molecular weight is 284 g/mol. The fourth-order valence-corrected chi connectivity index (χ4v) is 3.19. The van der Waals surface area contributed by atoms with E-state index in [0.717, 1.165) is 11.3 Å². The summed E-state index contributed by atoms with van der Waals surface area (Å²) < 4.78 is 0. The predicted octanol–water partition coefficient (Wildman–Crippen LogP) is 4.05. The molecule has 4 rings (SSSR count). The lowest BCUT2D eigenvalue weighted by molar-refractivity contribution is 0.994. The first-order chi connectivity index (χ1) is 10.9. The van der Waals surface area contributed by atoms with Gasteiger partial charge in [-0.15, -0.1) is 0 Å². The summed E-state index contributed by atoms with van der Waals surface area (Å²) in [6, 6.07) is 27.2. The molecule has 0 saturated heterocycles. The van der Waals surface area contributed by atoms with Crippen molar-refractivity contribution in [3.63, 3.8) is 0 Å². The van der Waals surface area contributed by atoms with Crippen LogP contribution in [0, 0.1) is 0 Å². The molecular formula is C20H16N2. The second-order valence-electron chi connectivity index (χ2n) is 5.35. The topological polar surface area (TPSA) is 38.0 Å². The zero-order chi connectivity index (χ0) is 14.9. The summed E-state index contributed by atoms with van der Waals surface area (Å²) in [6.07, 6.45) is 0. The minimum atomic E-state index is 0.956. The second-order valence-corrected chi connectivity index (χ2v) is 5.35. The van der Waals surface area contributed by atoms with Crippen molar-refractivity contribution < 1.29 is 0 Å². The zero-order valence-corrected chi connectivity index (χ0v) is 12.1. The smallest absolute Gasteiger partial charge is 0.0642 e. The van der Waals surface area contributed by atoms with E-state index in [-0.39, 0.29) is 0 Å². The first kappa shape index (κ1) is 12.9. The molecule has 0 fully saturated rings. The molecule has 3 aromatic carbocycles. The van der Waals surface area contributed by atoms with Gasteiger partial charge in [0.05, 0.1) is 5.70 Å². The highest BCUT2D eigenvalue weighted by molar-refractivity contribution is 6.09. The highest BCUT2D eigenvalue weighted by atomic mass is 15.2. The molecule has 0 heterocycles. The van der Waals surface area contributed by atoms with Gasteiger partial charge in [-0.05, 0) is 27.8 Å². The van der Waals surface area contributed by atoms with E-state index >= 15 is 0 Å². The van der Waals surface area contributed by atoms with Crippen molar-refractivity contribution in [3.8, 4) is 11.1 Å². The maximum Gasteiger partial charge on any atom is 0.0642 e. The zero-order valence-electron chi connectivity index (χ0n) is 12.1. The SMILES string of the molecule is NNC(=C1c2ccccc2-c2ccccc21)c1ccccc1. The van der Waals surface area contributed by atoms with E-state index in [4.69, 9.17) is 5.84 Å². The standard InChI is InChI=1S/C20H16N2/c21-22-20(14-8-2-1-3-9-14)19-17-12-6-4-10-15(17)16-11-5-7-13-18(16)19/h1-13,22H,21H2. The summed E-state index contributed by atoms with van der Waals surface area (Å²) in [4.78, 5) is 0. The molecule has 0 radical (unpaired) electrons. The summed E-state index contributed by atoms with van der Waals surface area (Å²) in [5.41, 5.74) is 11.1. The maximum atomic E-state index is 5.89. The van der Waals surface area contributed by atoms with E-state index in [2.05, 4.69) is 66.1 Å². The van der Waals surface area contributed by atoms with Crippen LogP contribution in [0.25, 0.3) is 22.4 Å². The van der Waals surface area contributed by atoms with E-state index < -0.39 is 0 Å². The van der Waals surface area contributed by atoms with Gasteiger partial charge in [0, 0.05) is 5.57 Å². The van der Waals surface area contributed by atoms with Gasteiger partial charge >= 0.3 is 0 Å². The van der Waals surface area contributed by atoms with Crippen LogP contribution >= 0.6 is 0 Å². The van der Waals surface area contributed by atoms with E-state index in [9.17, 15) is 0 Å². The molecule has 1 aliphatic rings. The Morgan fingerprint density at radius 1 is 0.591 bits per heavy atom. The molecule has 0 saturated carbocycles. The number of nitrogens with two attached hydrogens (primary N) is 1. The van der Waals surface area contributed by atoms with Crippen molar-refractivity contribution in [1.29, 1.82) is 0 Å². The first-order valence-corrected chi connectivity index (χ1v) is 7.35. The fraction of sp³-hybridized carbons (Fsp3) is 0. The molecule has 106 valence electrons. The molecule has 0 spiro atoms. The Morgan fingerprint density at radius 3 is 1.55 bits per heavy atom. The first-order valence-electron chi connectivity index (χ1n) is 7.35. The summed E-state index contributed by atoms with van der Waals surface area (Å²) >= 11 is 0. The van der Waals surface area contributed by atoms with Crippen molar-refractivity contribution in [2.75, 3.05) is 0 Å². The van der Waals surface area contributed by atoms with E-state index in [1.807, 2.05) is 18.2 Å². The number of hydrazine groups is 1. The van der Waals surface area contributed by atoms with E-state index in [0.29, 0.717) is 0 Å². The molecule has 0 aromatic heterocycles. The monoisotopic (exact) mass is 284 g/mol. The van der Waals surface area contributed by atoms with Gasteiger partial charge in [-0.25, -0.2) is 0 Å². The van der Waals surface area contributed by atoms with Gasteiger partial charge in [-0.3, -0.25) is 5.84 Å². The third-order valence-corrected chi connectivity index (χ3v) is 4.14. The van der Waals surface area contributed by atoms with Gasteiger partial charge < -0.3 is 5.43 Å². The van der Waals surface area contributed by atoms with Crippen LogP contribution in [0.4, 0.5) is 0 Å². The van der Waals surface area contributed by atoms with Crippen LogP contribution in [0.3, 0.4) is 0 Å². The van der Waals surface area contributed by atoms with Crippen molar-refractivity contribution in [2.24, 2.45) is 5.84 Å². The number of rotatable bonds is 2. The third kappa shape index (κ3) is 1.85. The van der Waals surface area contributed by atoms with Crippen LogP contribution in [-0.4, -0.2) is 0 Å². The molecule has 3 N–H and O–H groups in total. The van der Waals surface area contributed by atoms with Crippen LogP contribution in [0.2, 0.25) is 0 Å². The molecule has 0 bridgehead atoms. The van der Waals surface area contributed by atoms with Gasteiger partial charge in [-0.1, -0.05) is 78.9 Å². The summed E-state index contributed by atoms with van der Waals surface area (Å²) in [5.74, 6) is 5.89. The minimum absolute atomic E-state index is 0.956. The van der Waals surface area contributed by atoms with Crippen molar-refractivity contribution >= 4 is 11.3 Å². The van der Waals surface area contributed by atoms with Crippen molar-refractivity contribution in [2.45, 2.75) is 0 Å². The van der Waals surface area contributed by atoms with Gasteiger partial charge in [-0.2, -0.15) is 0 Å². The van der Waals surface area contributed by atoms with Crippen molar-refractivity contribution in [1.82, 2.24) is 5.43 Å².